The van der Waals surface area contributed by atoms with Gasteiger partial charge in [0.25, 0.3) is 0 Å². The van der Waals surface area contributed by atoms with Gasteiger partial charge in [-0.25, -0.2) is 0 Å². The van der Waals surface area contributed by atoms with Crippen LogP contribution in [0.15, 0.2) is 207 Å². The number of allylic oxidation sites excluding steroid dienone is 34. The van der Waals surface area contributed by atoms with Crippen LogP contribution in [-0.4, -0.2) is 36.4 Å². The molecule has 0 radical (unpaired) electrons. The van der Waals surface area contributed by atoms with E-state index in [1.165, 1.54) is 64.2 Å². The monoisotopic (exact) mass is 1120 g/mol. The molecule has 0 aliphatic rings. The van der Waals surface area contributed by atoms with Crippen LogP contribution in [-0.2, 0) is 19.1 Å². The van der Waals surface area contributed by atoms with Crippen LogP contribution in [0.25, 0.3) is 0 Å². The topological polar surface area (TPSA) is 72.8 Å². The molecule has 0 aliphatic carbocycles. The zero-order valence-electron chi connectivity index (χ0n) is 52.2. The van der Waals surface area contributed by atoms with E-state index in [9.17, 15) is 14.7 Å². The van der Waals surface area contributed by atoms with E-state index >= 15 is 0 Å². The summed E-state index contributed by atoms with van der Waals surface area (Å²) >= 11 is 0. The highest BCUT2D eigenvalue weighted by Gasteiger charge is 2.16. The molecule has 0 saturated heterocycles. The van der Waals surface area contributed by atoms with Gasteiger partial charge in [-0.3, -0.25) is 9.59 Å². The SMILES string of the molecule is CC/C=C\C/C=C\C/C=C\C/C=C\C/C=C\C/C=C\C/C=C\C/C=C\C/C=C\C/C=C\C/C=C\CCCCCC(=O)OC(CO)COC(=O)CCCCCCCCCCCCCC/C=C\C/C=C\C/C=C\C/C=C\C/C=C\C/C=C\CC. The Morgan fingerprint density at radius 2 is 0.488 bits per heavy atom. The fourth-order valence-electron chi connectivity index (χ4n) is 8.27. The summed E-state index contributed by atoms with van der Waals surface area (Å²) < 4.78 is 10.7. The molecule has 0 fully saturated rings. The first-order valence-corrected chi connectivity index (χ1v) is 32.6. The van der Waals surface area contributed by atoms with Crippen molar-refractivity contribution in [3.63, 3.8) is 0 Å². The van der Waals surface area contributed by atoms with Crippen LogP contribution < -0.4 is 0 Å². The van der Waals surface area contributed by atoms with Gasteiger partial charge >= 0.3 is 11.9 Å². The van der Waals surface area contributed by atoms with E-state index in [0.717, 1.165) is 154 Å². The third-order valence-corrected chi connectivity index (χ3v) is 13.1. The minimum absolute atomic E-state index is 0.0941. The average Bonchev–Trinajstić information content (AvgIpc) is 3.49. The number of unbranched alkanes of at least 4 members (excludes halogenated alkanes) is 15. The molecule has 0 bridgehead atoms. The molecule has 1 N–H and O–H groups in total. The maximum absolute atomic E-state index is 12.3. The highest BCUT2D eigenvalue weighted by molar-refractivity contribution is 5.70. The lowest BCUT2D eigenvalue weighted by atomic mass is 10.0. The molecule has 0 aliphatic heterocycles. The van der Waals surface area contributed by atoms with Crippen LogP contribution in [0.4, 0.5) is 0 Å². The minimum Gasteiger partial charge on any atom is -0.462 e. The molecular formula is C77H118O5. The van der Waals surface area contributed by atoms with Gasteiger partial charge < -0.3 is 14.6 Å². The average molecular weight is 1120 g/mol. The molecule has 0 aromatic carbocycles. The summed E-state index contributed by atoms with van der Waals surface area (Å²) in [6.07, 6.45) is 112. The van der Waals surface area contributed by atoms with E-state index in [0.29, 0.717) is 12.8 Å². The quantitative estimate of drug-likeness (QED) is 0.0373. The number of aliphatic hydroxyl groups is 1. The second-order valence-electron chi connectivity index (χ2n) is 20.7. The molecule has 0 aromatic heterocycles. The molecule has 0 heterocycles. The predicted octanol–water partition coefficient (Wildman–Crippen LogP) is 23.0. The van der Waals surface area contributed by atoms with Crippen molar-refractivity contribution in [2.75, 3.05) is 13.2 Å². The number of rotatable bonds is 57. The standard InChI is InChI=1S/C77H118O5/c1-3-5-7-9-11-13-15-17-19-21-23-25-27-29-31-33-35-36-37-38-39-40-42-44-46-48-50-52-54-56-58-60-62-64-66-68-70-72-77(80)82-75(73-78)74-81-76(79)71-69-67-65-63-61-59-57-55-53-51-49-47-45-43-41-34-32-30-28-26-24-22-20-18-16-14-12-10-8-6-4-2/h5-8,11-14,17-20,23-26,29-32,35-36,38-39,41-44,48,50,54,56,60,62,75,78H,3-4,9-10,15-16,21-22,27-28,33-34,37,40,45-47,49,51-53,55,57-59,61,63-74H2,1-2H3/b7-5-,8-6-,13-11-,14-12-,19-17-,20-18-,25-23-,26-24-,31-29-,32-30-,36-35-,39-38-,43-41-,44-42-,50-48-,56-54-,62-60-. The van der Waals surface area contributed by atoms with Gasteiger partial charge in [0, 0.05) is 12.8 Å². The molecule has 0 rings (SSSR count). The van der Waals surface area contributed by atoms with E-state index in [1.54, 1.807) is 0 Å². The van der Waals surface area contributed by atoms with Crippen molar-refractivity contribution in [3.05, 3.63) is 207 Å². The minimum atomic E-state index is -0.809. The normalized spacial score (nSPS) is 13.6. The first-order valence-electron chi connectivity index (χ1n) is 32.6. The lowest BCUT2D eigenvalue weighted by Crippen LogP contribution is -2.28. The van der Waals surface area contributed by atoms with Crippen molar-refractivity contribution < 1.29 is 24.2 Å². The lowest BCUT2D eigenvalue weighted by molar-refractivity contribution is -0.161. The number of aliphatic hydroxyl groups excluding tert-OH is 1. The van der Waals surface area contributed by atoms with Gasteiger partial charge in [-0.15, -0.1) is 0 Å². The van der Waals surface area contributed by atoms with E-state index < -0.39 is 6.10 Å². The number of carbonyl (C=O) groups is 2. The Morgan fingerprint density at radius 3 is 0.744 bits per heavy atom. The number of esters is 2. The highest BCUT2D eigenvalue weighted by Crippen LogP contribution is 2.14. The first-order chi connectivity index (χ1) is 40.6. The molecule has 0 amide bonds. The van der Waals surface area contributed by atoms with Crippen LogP contribution in [0.1, 0.15) is 245 Å². The number of hydrogen-bond acceptors (Lipinski definition) is 5. The smallest absolute Gasteiger partial charge is 0.306 e. The fraction of sp³-hybridized carbons (Fsp3) is 0.532. The third-order valence-electron chi connectivity index (χ3n) is 13.1. The molecule has 1 unspecified atom stereocenters. The predicted molar refractivity (Wildman–Crippen MR) is 361 cm³/mol. The summed E-state index contributed by atoms with van der Waals surface area (Å²) in [5.41, 5.74) is 0. The summed E-state index contributed by atoms with van der Waals surface area (Å²) in [5, 5.41) is 9.68. The van der Waals surface area contributed by atoms with Crippen LogP contribution in [0.3, 0.4) is 0 Å². The molecule has 5 heteroatoms. The van der Waals surface area contributed by atoms with E-state index in [4.69, 9.17) is 9.47 Å². The Kier molecular flexibility index (Phi) is 65.1. The molecular weight excluding hydrogens is 1000 g/mol. The van der Waals surface area contributed by atoms with Crippen LogP contribution >= 0.6 is 0 Å². The maximum Gasteiger partial charge on any atom is 0.306 e. The van der Waals surface area contributed by atoms with Crippen molar-refractivity contribution >= 4 is 11.9 Å². The Hall–Kier alpha value is -5.52. The van der Waals surface area contributed by atoms with Gasteiger partial charge in [-0.2, -0.15) is 0 Å². The van der Waals surface area contributed by atoms with E-state index in [2.05, 4.69) is 220 Å². The van der Waals surface area contributed by atoms with Gasteiger partial charge in [0.15, 0.2) is 6.10 Å². The third kappa shape index (κ3) is 67.0. The summed E-state index contributed by atoms with van der Waals surface area (Å²) in [7, 11) is 0. The fourth-order valence-corrected chi connectivity index (χ4v) is 8.27. The number of carbonyl (C=O) groups excluding carboxylic acids is 2. The van der Waals surface area contributed by atoms with Crippen molar-refractivity contribution in [1.29, 1.82) is 0 Å². The highest BCUT2D eigenvalue weighted by atomic mass is 16.6. The van der Waals surface area contributed by atoms with Gasteiger partial charge in [-0.05, 0) is 148 Å². The van der Waals surface area contributed by atoms with Crippen molar-refractivity contribution in [3.8, 4) is 0 Å². The van der Waals surface area contributed by atoms with E-state index in [-0.39, 0.29) is 25.2 Å². The number of hydrogen-bond donors (Lipinski definition) is 1. The molecule has 456 valence electrons. The van der Waals surface area contributed by atoms with Crippen molar-refractivity contribution in [2.45, 2.75) is 251 Å². The largest absolute Gasteiger partial charge is 0.462 e. The molecule has 1 atom stereocenters. The molecule has 0 saturated carbocycles. The van der Waals surface area contributed by atoms with Crippen molar-refractivity contribution in [2.24, 2.45) is 0 Å². The second-order valence-corrected chi connectivity index (χ2v) is 20.7. The lowest BCUT2D eigenvalue weighted by Gasteiger charge is -2.15. The molecule has 82 heavy (non-hydrogen) atoms. The first kappa shape index (κ1) is 76.5. The summed E-state index contributed by atoms with van der Waals surface area (Å²) in [5.74, 6) is -0.645. The Morgan fingerprint density at radius 1 is 0.280 bits per heavy atom. The van der Waals surface area contributed by atoms with Gasteiger partial charge in [0.2, 0.25) is 0 Å². The molecule has 0 spiro atoms. The van der Waals surface area contributed by atoms with E-state index in [1.807, 2.05) is 0 Å². The van der Waals surface area contributed by atoms with Gasteiger partial charge in [0.1, 0.15) is 6.61 Å². The van der Waals surface area contributed by atoms with Gasteiger partial charge in [0.05, 0.1) is 6.61 Å². The zero-order chi connectivity index (χ0) is 59.1. The Balaban J connectivity index is 3.66. The van der Waals surface area contributed by atoms with Crippen LogP contribution in [0, 0.1) is 0 Å². The Labute approximate surface area is 504 Å². The van der Waals surface area contributed by atoms with Gasteiger partial charge in [-0.1, -0.05) is 291 Å². The maximum atomic E-state index is 12.3. The number of ether oxygens (including phenoxy) is 2. The molecule has 5 nitrogen and oxygen atoms in total. The zero-order valence-corrected chi connectivity index (χ0v) is 52.2. The molecule has 0 aromatic rings. The summed E-state index contributed by atoms with van der Waals surface area (Å²) in [6.45, 7) is 3.87. The summed E-state index contributed by atoms with van der Waals surface area (Å²) in [6, 6.07) is 0. The van der Waals surface area contributed by atoms with Crippen LogP contribution in [0.5, 0.6) is 0 Å². The second kappa shape index (κ2) is 69.7. The summed E-state index contributed by atoms with van der Waals surface area (Å²) in [4.78, 5) is 24.6. The van der Waals surface area contributed by atoms with Crippen LogP contribution in [0.2, 0.25) is 0 Å². The van der Waals surface area contributed by atoms with Crippen molar-refractivity contribution in [1.82, 2.24) is 0 Å². The Bertz CT molecular complexity index is 1950.